The Hall–Kier alpha value is -6.78. The summed E-state index contributed by atoms with van der Waals surface area (Å²) in [6, 6.07) is 62.5. The maximum Gasteiger partial charge on any atom is 0.235 e. The number of aryl methyl sites for hydroxylation is 1. The second-order valence-corrected chi connectivity index (χ2v) is 13.2. The summed E-state index contributed by atoms with van der Waals surface area (Å²) in [5.74, 6) is 0.649. The van der Waals surface area contributed by atoms with Gasteiger partial charge in [0.25, 0.3) is 0 Å². The Morgan fingerprint density at radius 2 is 0.882 bits per heavy atom. The molecule has 3 heterocycles. The number of benzene rings is 7. The van der Waals surface area contributed by atoms with Gasteiger partial charge in [0.15, 0.2) is 0 Å². The summed E-state index contributed by atoms with van der Waals surface area (Å²) < 4.78 is 4.60. The SMILES string of the molecule is Cc1ccc2c(c1)c1cc(-c3ccc4c5ccccc5n(-c5nc(-c6ccccc6)cc(-c6ccccc6)n5)c4c3)ccc1n2-c1ccccc1. The lowest BCUT2D eigenvalue weighted by molar-refractivity contribution is 0.996. The maximum atomic E-state index is 5.24. The molecule has 3 aromatic heterocycles. The van der Waals surface area contributed by atoms with Crippen LogP contribution in [0.15, 0.2) is 176 Å². The Labute approximate surface area is 295 Å². The molecule has 7 aromatic carbocycles. The van der Waals surface area contributed by atoms with Crippen molar-refractivity contribution in [3.8, 4) is 45.3 Å². The third-order valence-electron chi connectivity index (χ3n) is 10.00. The summed E-state index contributed by atoms with van der Waals surface area (Å²) >= 11 is 0. The second kappa shape index (κ2) is 11.7. The predicted octanol–water partition coefficient (Wildman–Crippen LogP) is 12.0. The molecule has 0 aliphatic carbocycles. The molecule has 51 heavy (non-hydrogen) atoms. The molecule has 10 rings (SSSR count). The van der Waals surface area contributed by atoms with Gasteiger partial charge in [-0.15, -0.1) is 0 Å². The molecule has 0 unspecified atom stereocenters. The molecule has 4 nitrogen and oxygen atoms in total. The van der Waals surface area contributed by atoms with Crippen LogP contribution >= 0.6 is 0 Å². The Kier molecular flexibility index (Phi) is 6.68. The number of hydrogen-bond donors (Lipinski definition) is 0. The van der Waals surface area contributed by atoms with Crippen LogP contribution in [0.25, 0.3) is 88.9 Å². The molecule has 0 saturated heterocycles. The van der Waals surface area contributed by atoms with Crippen molar-refractivity contribution in [3.05, 3.63) is 181 Å². The van der Waals surface area contributed by atoms with Crippen molar-refractivity contribution in [3.63, 3.8) is 0 Å². The molecule has 0 atom stereocenters. The van der Waals surface area contributed by atoms with Crippen molar-refractivity contribution in [2.45, 2.75) is 6.92 Å². The topological polar surface area (TPSA) is 35.6 Å². The standard InChI is InChI=1S/C47H32N4/c1-31-21-25-44-39(27-31)40-28-34(23-26-45(40)50(44)36-17-9-4-10-18-36)35-22-24-38-37-19-11-12-20-43(37)51(46(38)29-35)47-48-41(32-13-5-2-6-14-32)30-42(49-47)33-15-7-3-8-16-33/h2-30H,1H3. The summed E-state index contributed by atoms with van der Waals surface area (Å²) in [5.41, 5.74) is 13.1. The zero-order chi connectivity index (χ0) is 33.9. The second-order valence-electron chi connectivity index (χ2n) is 13.2. The largest absolute Gasteiger partial charge is 0.309 e. The van der Waals surface area contributed by atoms with Gasteiger partial charge in [0.05, 0.1) is 33.5 Å². The van der Waals surface area contributed by atoms with Gasteiger partial charge in [0.1, 0.15) is 0 Å². The van der Waals surface area contributed by atoms with E-state index in [4.69, 9.17) is 9.97 Å². The summed E-state index contributed by atoms with van der Waals surface area (Å²) in [6.07, 6.45) is 0. The van der Waals surface area contributed by atoms with Crippen LogP contribution in [-0.4, -0.2) is 19.1 Å². The molecule has 0 bridgehead atoms. The van der Waals surface area contributed by atoms with Gasteiger partial charge >= 0.3 is 0 Å². The Morgan fingerprint density at radius 1 is 0.353 bits per heavy atom. The van der Waals surface area contributed by atoms with E-state index in [0.29, 0.717) is 5.95 Å². The smallest absolute Gasteiger partial charge is 0.235 e. The van der Waals surface area contributed by atoms with Crippen LogP contribution in [0.5, 0.6) is 0 Å². The highest BCUT2D eigenvalue weighted by atomic mass is 15.2. The van der Waals surface area contributed by atoms with Gasteiger partial charge in [0, 0.05) is 38.4 Å². The lowest BCUT2D eigenvalue weighted by Gasteiger charge is -2.12. The van der Waals surface area contributed by atoms with Crippen molar-refractivity contribution in [2.75, 3.05) is 0 Å². The first kappa shape index (κ1) is 29.2. The van der Waals surface area contributed by atoms with Crippen LogP contribution in [0.3, 0.4) is 0 Å². The molecule has 240 valence electrons. The van der Waals surface area contributed by atoms with Gasteiger partial charge in [-0.05, 0) is 72.6 Å². The number of rotatable bonds is 5. The van der Waals surface area contributed by atoms with Crippen molar-refractivity contribution in [2.24, 2.45) is 0 Å². The highest BCUT2D eigenvalue weighted by Crippen LogP contribution is 2.38. The molecule has 0 aliphatic rings. The number of para-hydroxylation sites is 2. The first-order valence-electron chi connectivity index (χ1n) is 17.3. The van der Waals surface area contributed by atoms with Crippen LogP contribution in [-0.2, 0) is 0 Å². The average Bonchev–Trinajstić information content (AvgIpc) is 3.70. The number of fused-ring (bicyclic) bond motifs is 6. The number of hydrogen-bond acceptors (Lipinski definition) is 2. The van der Waals surface area contributed by atoms with Gasteiger partial charge < -0.3 is 4.57 Å². The van der Waals surface area contributed by atoms with Crippen LogP contribution in [0.4, 0.5) is 0 Å². The van der Waals surface area contributed by atoms with E-state index < -0.39 is 0 Å². The third kappa shape index (κ3) is 4.84. The molecule has 0 spiro atoms. The van der Waals surface area contributed by atoms with E-state index in [-0.39, 0.29) is 0 Å². The van der Waals surface area contributed by atoms with Crippen molar-refractivity contribution < 1.29 is 0 Å². The van der Waals surface area contributed by atoms with E-state index in [1.54, 1.807) is 0 Å². The minimum absolute atomic E-state index is 0.649. The van der Waals surface area contributed by atoms with Crippen LogP contribution in [0, 0.1) is 6.92 Å². The van der Waals surface area contributed by atoms with Crippen molar-refractivity contribution >= 4 is 43.6 Å². The maximum absolute atomic E-state index is 5.24. The summed E-state index contributed by atoms with van der Waals surface area (Å²) in [4.78, 5) is 10.5. The molecule has 0 fully saturated rings. The van der Waals surface area contributed by atoms with Crippen LogP contribution < -0.4 is 0 Å². The highest BCUT2D eigenvalue weighted by Gasteiger charge is 2.19. The van der Waals surface area contributed by atoms with E-state index in [1.807, 2.05) is 12.1 Å². The van der Waals surface area contributed by atoms with Gasteiger partial charge in [-0.3, -0.25) is 4.57 Å². The summed E-state index contributed by atoms with van der Waals surface area (Å²) in [7, 11) is 0. The van der Waals surface area contributed by atoms with E-state index >= 15 is 0 Å². The van der Waals surface area contributed by atoms with E-state index in [2.05, 4.69) is 180 Å². The average molecular weight is 653 g/mol. The Bertz CT molecular complexity index is 2840. The Morgan fingerprint density at radius 3 is 1.59 bits per heavy atom. The van der Waals surface area contributed by atoms with Gasteiger partial charge in [0.2, 0.25) is 5.95 Å². The minimum Gasteiger partial charge on any atom is -0.309 e. The first-order valence-corrected chi connectivity index (χ1v) is 17.3. The van der Waals surface area contributed by atoms with Gasteiger partial charge in [-0.2, -0.15) is 0 Å². The van der Waals surface area contributed by atoms with E-state index in [1.165, 1.54) is 43.7 Å². The quantitative estimate of drug-likeness (QED) is 0.185. The highest BCUT2D eigenvalue weighted by molar-refractivity contribution is 6.12. The van der Waals surface area contributed by atoms with E-state index in [0.717, 1.165) is 44.8 Å². The fourth-order valence-electron chi connectivity index (χ4n) is 7.59. The fraction of sp³-hybridized carbons (Fsp3) is 0.0213. The first-order chi connectivity index (χ1) is 25.2. The van der Waals surface area contributed by atoms with Crippen molar-refractivity contribution in [1.82, 2.24) is 19.1 Å². The fourth-order valence-corrected chi connectivity index (χ4v) is 7.59. The van der Waals surface area contributed by atoms with E-state index in [9.17, 15) is 0 Å². The molecule has 4 heteroatoms. The normalized spacial score (nSPS) is 11.6. The third-order valence-corrected chi connectivity index (χ3v) is 10.00. The molecule has 10 aromatic rings. The lowest BCUT2D eigenvalue weighted by Crippen LogP contribution is -2.04. The molecule has 0 amide bonds. The number of aromatic nitrogens is 4. The molecular formula is C47H32N4. The number of nitrogens with zero attached hydrogens (tertiary/aromatic N) is 4. The molecule has 0 N–H and O–H groups in total. The van der Waals surface area contributed by atoms with Crippen molar-refractivity contribution in [1.29, 1.82) is 0 Å². The van der Waals surface area contributed by atoms with Crippen LogP contribution in [0.2, 0.25) is 0 Å². The van der Waals surface area contributed by atoms with Crippen LogP contribution in [0.1, 0.15) is 5.56 Å². The van der Waals surface area contributed by atoms with Gasteiger partial charge in [-0.1, -0.05) is 127 Å². The Balaban J connectivity index is 1.21. The predicted molar refractivity (Wildman–Crippen MR) is 212 cm³/mol. The molecule has 0 saturated carbocycles. The zero-order valence-electron chi connectivity index (χ0n) is 28.0. The monoisotopic (exact) mass is 652 g/mol. The summed E-state index contributed by atoms with van der Waals surface area (Å²) in [6.45, 7) is 2.17. The lowest BCUT2D eigenvalue weighted by atomic mass is 10.0. The van der Waals surface area contributed by atoms with Gasteiger partial charge in [-0.25, -0.2) is 9.97 Å². The molecule has 0 radical (unpaired) electrons. The zero-order valence-corrected chi connectivity index (χ0v) is 28.0. The minimum atomic E-state index is 0.649. The molecule has 0 aliphatic heterocycles. The summed E-state index contributed by atoms with van der Waals surface area (Å²) in [5, 5.41) is 4.83. The molecular weight excluding hydrogens is 621 g/mol.